The van der Waals surface area contributed by atoms with Crippen molar-refractivity contribution in [3.8, 4) is 0 Å². The van der Waals surface area contributed by atoms with E-state index in [1.807, 2.05) is 18.2 Å². The third kappa shape index (κ3) is 6.95. The number of halogens is 3. The van der Waals surface area contributed by atoms with Crippen LogP contribution in [-0.2, 0) is 17.4 Å². The van der Waals surface area contributed by atoms with Gasteiger partial charge >= 0.3 is 6.18 Å². The summed E-state index contributed by atoms with van der Waals surface area (Å²) in [6, 6.07) is 11.9. The van der Waals surface area contributed by atoms with E-state index >= 15 is 0 Å². The summed E-state index contributed by atoms with van der Waals surface area (Å²) in [7, 11) is 0. The number of amides is 1. The number of hydrogen-bond donors (Lipinski definition) is 3. The standard InChI is InChI=1S/C21H21F3N6O/c1-14-28-18(13-19(29-14)30-17-7-2-3-8-25-17)26-9-10-27-20(31)12-15-5-4-6-16(11-15)21(22,23)24/h2-8,11,13H,9-10,12H2,1H3,(H,27,31)(H2,25,26,28,29,30). The molecule has 0 fully saturated rings. The minimum atomic E-state index is -4.43. The highest BCUT2D eigenvalue weighted by atomic mass is 19.4. The van der Waals surface area contributed by atoms with Crippen LogP contribution in [0.1, 0.15) is 17.0 Å². The van der Waals surface area contributed by atoms with Gasteiger partial charge in [-0.2, -0.15) is 13.2 Å². The van der Waals surface area contributed by atoms with Crippen molar-refractivity contribution < 1.29 is 18.0 Å². The van der Waals surface area contributed by atoms with Gasteiger partial charge in [0.25, 0.3) is 0 Å². The lowest BCUT2D eigenvalue weighted by molar-refractivity contribution is -0.137. The number of nitrogens with zero attached hydrogens (tertiary/aromatic N) is 3. The van der Waals surface area contributed by atoms with Gasteiger partial charge in [0.05, 0.1) is 12.0 Å². The quantitative estimate of drug-likeness (QED) is 0.472. The average Bonchev–Trinajstić information content (AvgIpc) is 2.71. The number of alkyl halides is 3. The number of rotatable bonds is 8. The van der Waals surface area contributed by atoms with Crippen molar-refractivity contribution in [3.05, 3.63) is 71.7 Å². The van der Waals surface area contributed by atoms with Crippen LogP contribution < -0.4 is 16.0 Å². The maximum absolute atomic E-state index is 12.8. The number of aromatic nitrogens is 3. The molecule has 7 nitrogen and oxygen atoms in total. The van der Waals surface area contributed by atoms with Crippen LogP contribution in [0, 0.1) is 6.92 Å². The van der Waals surface area contributed by atoms with Crippen LogP contribution in [0.15, 0.2) is 54.7 Å². The average molecular weight is 430 g/mol. The lowest BCUT2D eigenvalue weighted by Gasteiger charge is -2.11. The van der Waals surface area contributed by atoms with Gasteiger partial charge in [-0.3, -0.25) is 4.79 Å². The van der Waals surface area contributed by atoms with Gasteiger partial charge in [0.15, 0.2) is 0 Å². The van der Waals surface area contributed by atoms with Gasteiger partial charge in [-0.05, 0) is 30.7 Å². The molecule has 0 aliphatic carbocycles. The molecule has 1 aromatic carbocycles. The van der Waals surface area contributed by atoms with Gasteiger partial charge in [-0.1, -0.05) is 24.3 Å². The second-order valence-corrected chi connectivity index (χ2v) is 6.68. The Morgan fingerprint density at radius 3 is 2.52 bits per heavy atom. The zero-order valence-electron chi connectivity index (χ0n) is 16.7. The zero-order chi connectivity index (χ0) is 22.3. The largest absolute Gasteiger partial charge is 0.416 e. The SMILES string of the molecule is Cc1nc(NCCNC(=O)Cc2cccc(C(F)(F)F)c2)cc(Nc2ccccn2)n1. The lowest BCUT2D eigenvalue weighted by Crippen LogP contribution is -2.30. The Bertz CT molecular complexity index is 1030. The Balaban J connectivity index is 1.48. The number of aryl methyl sites for hydroxylation is 1. The zero-order valence-corrected chi connectivity index (χ0v) is 16.7. The molecule has 2 aromatic heterocycles. The Morgan fingerprint density at radius 2 is 1.77 bits per heavy atom. The van der Waals surface area contributed by atoms with E-state index in [1.165, 1.54) is 12.1 Å². The Kier molecular flexibility index (Phi) is 7.01. The minimum absolute atomic E-state index is 0.130. The molecule has 10 heteroatoms. The van der Waals surface area contributed by atoms with Crippen LogP contribution >= 0.6 is 0 Å². The van der Waals surface area contributed by atoms with Gasteiger partial charge in [0, 0.05) is 25.4 Å². The topological polar surface area (TPSA) is 91.8 Å². The van der Waals surface area contributed by atoms with Gasteiger partial charge in [-0.25, -0.2) is 15.0 Å². The summed E-state index contributed by atoms with van der Waals surface area (Å²) in [5.41, 5.74) is -0.467. The summed E-state index contributed by atoms with van der Waals surface area (Å²) in [5, 5.41) is 8.85. The molecule has 162 valence electrons. The molecule has 0 atom stereocenters. The molecule has 3 N–H and O–H groups in total. The maximum Gasteiger partial charge on any atom is 0.416 e. The van der Waals surface area contributed by atoms with E-state index in [1.54, 1.807) is 19.2 Å². The van der Waals surface area contributed by atoms with Crippen LogP contribution in [-0.4, -0.2) is 33.9 Å². The Hall–Kier alpha value is -3.69. The van der Waals surface area contributed by atoms with Crippen LogP contribution in [0.3, 0.4) is 0 Å². The fraction of sp³-hybridized carbons (Fsp3) is 0.238. The number of nitrogens with one attached hydrogen (secondary N) is 3. The predicted molar refractivity (Wildman–Crippen MR) is 111 cm³/mol. The number of benzene rings is 1. The molecule has 3 aromatic rings. The van der Waals surface area contributed by atoms with E-state index in [4.69, 9.17) is 0 Å². The molecule has 0 aliphatic heterocycles. The summed E-state index contributed by atoms with van der Waals surface area (Å²) >= 11 is 0. The maximum atomic E-state index is 12.8. The van der Waals surface area contributed by atoms with Crippen molar-refractivity contribution in [2.45, 2.75) is 19.5 Å². The first-order valence-corrected chi connectivity index (χ1v) is 9.50. The van der Waals surface area contributed by atoms with Crippen molar-refractivity contribution >= 4 is 23.4 Å². The predicted octanol–water partition coefficient (Wildman–Crippen LogP) is 3.71. The molecular weight excluding hydrogens is 409 g/mol. The molecule has 0 saturated heterocycles. The first kappa shape index (κ1) is 22.0. The van der Waals surface area contributed by atoms with Gasteiger partial charge in [0.1, 0.15) is 23.3 Å². The summed E-state index contributed by atoms with van der Waals surface area (Å²) in [6.45, 7) is 2.42. The number of carbonyl (C=O) groups excluding carboxylic acids is 1. The lowest BCUT2D eigenvalue weighted by atomic mass is 10.1. The van der Waals surface area contributed by atoms with Crippen LogP contribution in [0.4, 0.5) is 30.6 Å². The number of carbonyl (C=O) groups is 1. The fourth-order valence-corrected chi connectivity index (χ4v) is 2.79. The van der Waals surface area contributed by atoms with E-state index in [0.717, 1.165) is 12.1 Å². The smallest absolute Gasteiger partial charge is 0.368 e. The van der Waals surface area contributed by atoms with Crippen molar-refractivity contribution in [3.63, 3.8) is 0 Å². The molecule has 0 spiro atoms. The van der Waals surface area contributed by atoms with E-state index in [0.29, 0.717) is 35.4 Å². The molecule has 0 radical (unpaired) electrons. The molecule has 1 amide bonds. The van der Waals surface area contributed by atoms with Crippen molar-refractivity contribution in [2.75, 3.05) is 23.7 Å². The molecule has 2 heterocycles. The van der Waals surface area contributed by atoms with Gasteiger partial charge < -0.3 is 16.0 Å². The van der Waals surface area contributed by atoms with Crippen LogP contribution in [0.25, 0.3) is 0 Å². The minimum Gasteiger partial charge on any atom is -0.368 e. The highest BCUT2D eigenvalue weighted by Crippen LogP contribution is 2.29. The molecule has 0 aliphatic rings. The summed E-state index contributed by atoms with van der Waals surface area (Å²) in [6.07, 6.45) is -2.90. The van der Waals surface area contributed by atoms with Gasteiger partial charge in [0.2, 0.25) is 5.91 Å². The summed E-state index contributed by atoms with van der Waals surface area (Å²) in [4.78, 5) is 24.8. The second kappa shape index (κ2) is 9.88. The monoisotopic (exact) mass is 430 g/mol. The van der Waals surface area contributed by atoms with E-state index in [2.05, 4.69) is 30.9 Å². The van der Waals surface area contributed by atoms with Gasteiger partial charge in [-0.15, -0.1) is 0 Å². The summed E-state index contributed by atoms with van der Waals surface area (Å²) in [5.74, 6) is 1.98. The van der Waals surface area contributed by atoms with Crippen molar-refractivity contribution in [1.82, 2.24) is 20.3 Å². The third-order valence-corrected chi connectivity index (χ3v) is 4.13. The Labute approximate surface area is 177 Å². The number of hydrogen-bond acceptors (Lipinski definition) is 6. The molecule has 3 rings (SSSR count). The van der Waals surface area contributed by atoms with E-state index < -0.39 is 11.7 Å². The molecular formula is C21H21F3N6O. The van der Waals surface area contributed by atoms with E-state index in [9.17, 15) is 18.0 Å². The number of anilines is 3. The molecule has 31 heavy (non-hydrogen) atoms. The second-order valence-electron chi connectivity index (χ2n) is 6.68. The van der Waals surface area contributed by atoms with Crippen molar-refractivity contribution in [1.29, 1.82) is 0 Å². The summed E-state index contributed by atoms with van der Waals surface area (Å²) < 4.78 is 38.3. The highest BCUT2D eigenvalue weighted by Gasteiger charge is 2.30. The normalized spacial score (nSPS) is 11.1. The third-order valence-electron chi connectivity index (χ3n) is 4.13. The Morgan fingerprint density at radius 1 is 0.968 bits per heavy atom. The van der Waals surface area contributed by atoms with E-state index in [-0.39, 0.29) is 18.9 Å². The molecule has 0 saturated carbocycles. The molecule has 0 bridgehead atoms. The van der Waals surface area contributed by atoms with Crippen LogP contribution in [0.2, 0.25) is 0 Å². The first-order chi connectivity index (χ1) is 14.8. The number of pyridine rings is 1. The first-order valence-electron chi connectivity index (χ1n) is 9.50. The molecule has 0 unspecified atom stereocenters. The van der Waals surface area contributed by atoms with Crippen molar-refractivity contribution in [2.24, 2.45) is 0 Å². The fourth-order valence-electron chi connectivity index (χ4n) is 2.79. The highest BCUT2D eigenvalue weighted by molar-refractivity contribution is 5.78. The van der Waals surface area contributed by atoms with Crippen LogP contribution in [0.5, 0.6) is 0 Å².